The predicted molar refractivity (Wildman–Crippen MR) is 36.4 cm³/mol. The predicted octanol–water partition coefficient (Wildman–Crippen LogP) is 0.441. The topological polar surface area (TPSA) is 56.6 Å². The summed E-state index contributed by atoms with van der Waals surface area (Å²) in [5, 5.41) is 8.25. The van der Waals surface area contributed by atoms with Gasteiger partial charge in [-0.05, 0) is 11.6 Å². The molecule has 0 saturated carbocycles. The number of nitrogens with zero attached hydrogens (tertiary/aromatic N) is 1. The third kappa shape index (κ3) is 1.46. The maximum atomic E-state index is 10.6. The molecule has 0 aliphatic carbocycles. The monoisotopic (exact) mass is 134 g/mol. The number of hydrogen-bond donors (Lipinski definition) is 1. The first-order chi connectivity index (χ1) is 4.83. The highest BCUT2D eigenvalue weighted by atomic mass is 16.1. The Morgan fingerprint density at radius 1 is 1.70 bits per heavy atom. The summed E-state index contributed by atoms with van der Waals surface area (Å²) < 4.78 is 0. The van der Waals surface area contributed by atoms with Gasteiger partial charge in [-0.2, -0.15) is 5.26 Å². The van der Waals surface area contributed by atoms with Crippen molar-refractivity contribution in [2.24, 2.45) is 0 Å². The number of aromatic nitrogens is 1. The number of rotatable bonds is 1. The van der Waals surface area contributed by atoms with Crippen molar-refractivity contribution in [3.05, 3.63) is 34.2 Å². The van der Waals surface area contributed by atoms with E-state index in [2.05, 4.69) is 4.98 Å². The molecule has 0 aliphatic heterocycles. The van der Waals surface area contributed by atoms with E-state index in [0.29, 0.717) is 6.42 Å². The molecule has 0 aromatic carbocycles. The molecule has 1 rings (SSSR count). The molecule has 3 nitrogen and oxygen atoms in total. The number of nitrogens with one attached hydrogen (secondary N) is 1. The highest BCUT2D eigenvalue weighted by Crippen LogP contribution is 1.91. The number of nitriles is 1. The summed E-state index contributed by atoms with van der Waals surface area (Å²) in [5.41, 5.74) is 0.596. The van der Waals surface area contributed by atoms with E-state index < -0.39 is 0 Å². The summed E-state index contributed by atoms with van der Waals surface area (Å²) in [5.74, 6) is 0. The van der Waals surface area contributed by atoms with E-state index in [1.165, 1.54) is 12.3 Å². The van der Waals surface area contributed by atoms with Crippen molar-refractivity contribution in [2.45, 2.75) is 6.42 Å². The van der Waals surface area contributed by atoms with Gasteiger partial charge in [0, 0.05) is 12.3 Å². The first-order valence-corrected chi connectivity index (χ1v) is 2.87. The van der Waals surface area contributed by atoms with Crippen LogP contribution in [0.5, 0.6) is 0 Å². The van der Waals surface area contributed by atoms with Gasteiger partial charge in [-0.3, -0.25) is 4.79 Å². The highest BCUT2D eigenvalue weighted by Gasteiger charge is 1.89. The fraction of sp³-hybridized carbons (Fsp3) is 0.143. The Kier molecular flexibility index (Phi) is 1.86. The van der Waals surface area contributed by atoms with Crippen molar-refractivity contribution in [3.63, 3.8) is 0 Å². The van der Waals surface area contributed by atoms with Crippen LogP contribution >= 0.6 is 0 Å². The number of hydrogen-bond acceptors (Lipinski definition) is 2. The Morgan fingerprint density at radius 3 is 3.10 bits per heavy atom. The van der Waals surface area contributed by atoms with E-state index in [4.69, 9.17) is 5.26 Å². The normalized spacial score (nSPS) is 8.70. The van der Waals surface area contributed by atoms with Crippen LogP contribution in [0.25, 0.3) is 0 Å². The van der Waals surface area contributed by atoms with Crippen molar-refractivity contribution >= 4 is 0 Å². The van der Waals surface area contributed by atoms with Crippen molar-refractivity contribution in [2.75, 3.05) is 0 Å². The van der Waals surface area contributed by atoms with E-state index in [9.17, 15) is 4.79 Å². The molecule has 0 aliphatic rings. The van der Waals surface area contributed by atoms with Crippen LogP contribution in [-0.4, -0.2) is 4.98 Å². The van der Waals surface area contributed by atoms with Crippen LogP contribution in [0, 0.1) is 11.3 Å². The Balaban J connectivity index is 2.98. The van der Waals surface area contributed by atoms with Gasteiger partial charge in [0.15, 0.2) is 0 Å². The Labute approximate surface area is 57.9 Å². The minimum absolute atomic E-state index is 0.159. The molecule has 0 fully saturated rings. The van der Waals surface area contributed by atoms with Crippen LogP contribution in [0.3, 0.4) is 0 Å². The molecule has 1 heterocycles. The summed E-state index contributed by atoms with van der Waals surface area (Å²) in [6, 6.07) is 5.09. The van der Waals surface area contributed by atoms with E-state index in [0.717, 1.165) is 5.56 Å². The van der Waals surface area contributed by atoms with Crippen molar-refractivity contribution < 1.29 is 0 Å². The molecule has 1 aromatic rings. The first kappa shape index (κ1) is 6.56. The van der Waals surface area contributed by atoms with Crippen molar-refractivity contribution in [1.82, 2.24) is 4.98 Å². The second-order valence-electron chi connectivity index (χ2n) is 1.90. The summed E-state index contributed by atoms with van der Waals surface area (Å²) in [7, 11) is 0. The number of pyridine rings is 1. The van der Waals surface area contributed by atoms with Gasteiger partial charge in [0.05, 0.1) is 12.5 Å². The molecule has 0 amide bonds. The summed E-state index contributed by atoms with van der Waals surface area (Å²) in [6.07, 6.45) is 1.83. The molecule has 0 spiro atoms. The largest absolute Gasteiger partial charge is 0.329 e. The van der Waals surface area contributed by atoms with E-state index in [-0.39, 0.29) is 5.56 Å². The second-order valence-corrected chi connectivity index (χ2v) is 1.90. The smallest absolute Gasteiger partial charge is 0.248 e. The molecule has 50 valence electrons. The fourth-order valence-electron chi connectivity index (χ4n) is 0.690. The quantitative estimate of drug-likeness (QED) is 0.605. The first-order valence-electron chi connectivity index (χ1n) is 2.87. The lowest BCUT2D eigenvalue weighted by atomic mass is 10.2. The van der Waals surface area contributed by atoms with E-state index in [1.807, 2.05) is 6.07 Å². The highest BCUT2D eigenvalue weighted by molar-refractivity contribution is 5.13. The Hall–Kier alpha value is -1.56. The molecule has 0 atom stereocenters. The Bertz CT molecular complexity index is 308. The third-order valence-electron chi connectivity index (χ3n) is 1.12. The van der Waals surface area contributed by atoms with Crippen LogP contribution in [-0.2, 0) is 6.42 Å². The lowest BCUT2D eigenvalue weighted by Crippen LogP contribution is -2.03. The zero-order valence-electron chi connectivity index (χ0n) is 5.29. The zero-order chi connectivity index (χ0) is 7.40. The van der Waals surface area contributed by atoms with Crippen LogP contribution in [0.4, 0.5) is 0 Å². The number of aromatic amines is 1. The SMILES string of the molecule is N#CCc1cc[nH]c(=O)c1. The standard InChI is InChI=1S/C7H6N2O/c8-3-1-6-2-4-9-7(10)5-6/h2,4-5H,1H2,(H,9,10). The Morgan fingerprint density at radius 2 is 2.50 bits per heavy atom. The van der Waals surface area contributed by atoms with Crippen molar-refractivity contribution in [1.29, 1.82) is 5.26 Å². The van der Waals surface area contributed by atoms with E-state index >= 15 is 0 Å². The van der Waals surface area contributed by atoms with Crippen LogP contribution < -0.4 is 5.56 Å². The van der Waals surface area contributed by atoms with Gasteiger partial charge >= 0.3 is 0 Å². The third-order valence-corrected chi connectivity index (χ3v) is 1.12. The van der Waals surface area contributed by atoms with Crippen LogP contribution in [0.1, 0.15) is 5.56 Å². The van der Waals surface area contributed by atoms with Gasteiger partial charge in [0.1, 0.15) is 0 Å². The summed E-state index contributed by atoms with van der Waals surface area (Å²) in [4.78, 5) is 13.1. The molecule has 0 unspecified atom stereocenters. The molecule has 0 bridgehead atoms. The molecule has 10 heavy (non-hydrogen) atoms. The minimum atomic E-state index is -0.159. The number of H-pyrrole nitrogens is 1. The second kappa shape index (κ2) is 2.83. The van der Waals surface area contributed by atoms with Gasteiger partial charge in [-0.15, -0.1) is 0 Å². The molecule has 1 N–H and O–H groups in total. The van der Waals surface area contributed by atoms with Crippen LogP contribution in [0.2, 0.25) is 0 Å². The lowest BCUT2D eigenvalue weighted by molar-refractivity contribution is 1.17. The van der Waals surface area contributed by atoms with Crippen LogP contribution in [0.15, 0.2) is 23.1 Å². The average Bonchev–Trinajstić information content (AvgIpc) is 1.88. The maximum Gasteiger partial charge on any atom is 0.248 e. The zero-order valence-corrected chi connectivity index (χ0v) is 5.29. The van der Waals surface area contributed by atoms with Gasteiger partial charge in [-0.25, -0.2) is 0 Å². The van der Waals surface area contributed by atoms with Gasteiger partial charge < -0.3 is 4.98 Å². The molecule has 1 aromatic heterocycles. The molecule has 3 heteroatoms. The fourth-order valence-corrected chi connectivity index (χ4v) is 0.690. The molecular formula is C7H6N2O. The molecule has 0 saturated heterocycles. The van der Waals surface area contributed by atoms with Gasteiger partial charge in [-0.1, -0.05) is 0 Å². The summed E-state index contributed by atoms with van der Waals surface area (Å²) in [6.45, 7) is 0. The maximum absolute atomic E-state index is 10.6. The molecular weight excluding hydrogens is 128 g/mol. The minimum Gasteiger partial charge on any atom is -0.329 e. The lowest BCUT2D eigenvalue weighted by Gasteiger charge is -1.88. The van der Waals surface area contributed by atoms with Gasteiger partial charge in [0.2, 0.25) is 5.56 Å². The van der Waals surface area contributed by atoms with Crippen molar-refractivity contribution in [3.8, 4) is 6.07 Å². The molecule has 0 radical (unpaired) electrons. The summed E-state index contributed by atoms with van der Waals surface area (Å²) >= 11 is 0. The van der Waals surface area contributed by atoms with Gasteiger partial charge in [0.25, 0.3) is 0 Å². The van der Waals surface area contributed by atoms with E-state index in [1.54, 1.807) is 6.07 Å². The average molecular weight is 134 g/mol.